The highest BCUT2D eigenvalue weighted by molar-refractivity contribution is 5.98. The number of nitrogens with two attached hydrogens (primary N) is 1. The second kappa shape index (κ2) is 7.06. The van der Waals surface area contributed by atoms with Crippen molar-refractivity contribution in [2.75, 3.05) is 24.5 Å². The molecule has 1 aromatic carbocycles. The van der Waals surface area contributed by atoms with Crippen molar-refractivity contribution in [3.05, 3.63) is 48.3 Å². The Bertz CT molecular complexity index is 758. The Labute approximate surface area is 147 Å². The molecule has 3 rings (SSSR count). The third kappa shape index (κ3) is 3.56. The average Bonchev–Trinajstić information content (AvgIpc) is 3.06. The van der Waals surface area contributed by atoms with Gasteiger partial charge in [-0.15, -0.1) is 0 Å². The molecule has 2 heterocycles. The molecule has 1 fully saturated rings. The quantitative estimate of drug-likeness (QED) is 0.897. The van der Waals surface area contributed by atoms with E-state index >= 15 is 0 Å². The first-order chi connectivity index (χ1) is 12.0. The fourth-order valence-corrected chi connectivity index (χ4v) is 3.09. The lowest BCUT2D eigenvalue weighted by atomic mass is 9.94. The standard InChI is InChI=1S/C18H23N5O2/c1-13(17(19)14-6-4-3-5-7-14)18(25)22-8-9-23(16(24)12-22)15-10-20-21(2)11-15/h3-7,10-11,13,17H,8-9,12,19H2,1-2H3. The Morgan fingerprint density at radius 1 is 1.24 bits per heavy atom. The van der Waals surface area contributed by atoms with Crippen molar-refractivity contribution >= 4 is 17.5 Å². The minimum Gasteiger partial charge on any atom is -0.331 e. The van der Waals surface area contributed by atoms with Gasteiger partial charge in [-0.1, -0.05) is 37.3 Å². The van der Waals surface area contributed by atoms with Crippen LogP contribution in [0.4, 0.5) is 5.69 Å². The van der Waals surface area contributed by atoms with Crippen molar-refractivity contribution in [2.45, 2.75) is 13.0 Å². The number of benzene rings is 1. The lowest BCUT2D eigenvalue weighted by molar-refractivity contribution is -0.140. The molecule has 0 aliphatic carbocycles. The molecular formula is C18H23N5O2. The Kier molecular flexibility index (Phi) is 4.85. The molecule has 0 spiro atoms. The second-order valence-electron chi connectivity index (χ2n) is 6.40. The number of carbonyl (C=O) groups is 2. The maximum atomic E-state index is 12.8. The largest absolute Gasteiger partial charge is 0.331 e. The lowest BCUT2D eigenvalue weighted by Crippen LogP contribution is -2.54. The highest BCUT2D eigenvalue weighted by Crippen LogP contribution is 2.23. The van der Waals surface area contributed by atoms with Crippen LogP contribution in [0.2, 0.25) is 0 Å². The molecule has 1 aliphatic rings. The van der Waals surface area contributed by atoms with Gasteiger partial charge in [-0.25, -0.2) is 0 Å². The Morgan fingerprint density at radius 2 is 1.96 bits per heavy atom. The van der Waals surface area contributed by atoms with Gasteiger partial charge >= 0.3 is 0 Å². The number of aromatic nitrogens is 2. The van der Waals surface area contributed by atoms with Crippen LogP contribution < -0.4 is 10.6 Å². The van der Waals surface area contributed by atoms with Gasteiger partial charge in [0.1, 0.15) is 6.54 Å². The molecule has 2 aromatic rings. The number of carbonyl (C=O) groups excluding carboxylic acids is 2. The SMILES string of the molecule is CC(C(=O)N1CCN(c2cnn(C)c2)C(=O)C1)C(N)c1ccccc1. The third-order valence-corrected chi connectivity index (χ3v) is 4.65. The van der Waals surface area contributed by atoms with Gasteiger partial charge in [0.25, 0.3) is 0 Å². The van der Waals surface area contributed by atoms with E-state index in [-0.39, 0.29) is 30.3 Å². The van der Waals surface area contributed by atoms with E-state index in [0.29, 0.717) is 13.1 Å². The molecule has 0 saturated carbocycles. The van der Waals surface area contributed by atoms with Crippen LogP contribution in [0.3, 0.4) is 0 Å². The molecule has 0 radical (unpaired) electrons. The van der Waals surface area contributed by atoms with E-state index in [1.807, 2.05) is 37.3 Å². The van der Waals surface area contributed by atoms with E-state index in [1.165, 1.54) is 0 Å². The van der Waals surface area contributed by atoms with Crippen molar-refractivity contribution < 1.29 is 9.59 Å². The summed E-state index contributed by atoms with van der Waals surface area (Å²) in [5.74, 6) is -0.580. The first kappa shape index (κ1) is 17.2. The molecule has 1 aromatic heterocycles. The molecule has 1 aliphatic heterocycles. The second-order valence-corrected chi connectivity index (χ2v) is 6.40. The zero-order valence-corrected chi connectivity index (χ0v) is 14.5. The summed E-state index contributed by atoms with van der Waals surface area (Å²) in [5.41, 5.74) is 7.93. The van der Waals surface area contributed by atoms with Crippen molar-refractivity contribution in [3.8, 4) is 0 Å². The maximum Gasteiger partial charge on any atom is 0.246 e. The smallest absolute Gasteiger partial charge is 0.246 e. The van der Waals surface area contributed by atoms with Gasteiger partial charge in [-0.3, -0.25) is 14.3 Å². The number of anilines is 1. The van der Waals surface area contributed by atoms with Crippen molar-refractivity contribution in [1.82, 2.24) is 14.7 Å². The monoisotopic (exact) mass is 341 g/mol. The van der Waals surface area contributed by atoms with Crippen molar-refractivity contribution in [2.24, 2.45) is 18.7 Å². The summed E-state index contributed by atoms with van der Waals surface area (Å²) in [5, 5.41) is 4.09. The Hall–Kier alpha value is -2.67. The van der Waals surface area contributed by atoms with E-state index in [9.17, 15) is 9.59 Å². The van der Waals surface area contributed by atoms with Crippen LogP contribution in [0.5, 0.6) is 0 Å². The number of piperazine rings is 1. The summed E-state index contributed by atoms with van der Waals surface area (Å²) in [6.45, 7) is 2.84. The third-order valence-electron chi connectivity index (χ3n) is 4.65. The van der Waals surface area contributed by atoms with Crippen LogP contribution in [0.1, 0.15) is 18.5 Å². The molecule has 2 N–H and O–H groups in total. The molecule has 7 nitrogen and oxygen atoms in total. The number of rotatable bonds is 4. The zero-order chi connectivity index (χ0) is 18.0. The van der Waals surface area contributed by atoms with Gasteiger partial charge in [0.15, 0.2) is 0 Å². The topological polar surface area (TPSA) is 84.5 Å². The van der Waals surface area contributed by atoms with Crippen LogP contribution in [-0.2, 0) is 16.6 Å². The van der Waals surface area contributed by atoms with Crippen LogP contribution >= 0.6 is 0 Å². The first-order valence-corrected chi connectivity index (χ1v) is 8.35. The highest BCUT2D eigenvalue weighted by atomic mass is 16.2. The molecular weight excluding hydrogens is 318 g/mol. The molecule has 2 unspecified atom stereocenters. The zero-order valence-electron chi connectivity index (χ0n) is 14.5. The fraction of sp³-hybridized carbons (Fsp3) is 0.389. The maximum absolute atomic E-state index is 12.8. The molecule has 0 bridgehead atoms. The van der Waals surface area contributed by atoms with E-state index in [0.717, 1.165) is 11.3 Å². The predicted octanol–water partition coefficient (Wildman–Crippen LogP) is 0.931. The summed E-state index contributed by atoms with van der Waals surface area (Å²) in [4.78, 5) is 28.5. The number of hydrogen-bond acceptors (Lipinski definition) is 4. The average molecular weight is 341 g/mol. The van der Waals surface area contributed by atoms with Gasteiger partial charge in [-0.05, 0) is 5.56 Å². The molecule has 1 saturated heterocycles. The van der Waals surface area contributed by atoms with Gasteiger partial charge in [0.05, 0.1) is 17.8 Å². The first-order valence-electron chi connectivity index (χ1n) is 8.35. The van der Waals surface area contributed by atoms with Gasteiger partial charge in [-0.2, -0.15) is 5.10 Å². The van der Waals surface area contributed by atoms with Crippen LogP contribution in [-0.4, -0.2) is 46.1 Å². The Morgan fingerprint density at radius 3 is 2.56 bits per heavy atom. The number of amides is 2. The van der Waals surface area contributed by atoms with Gasteiger partial charge in [0.2, 0.25) is 11.8 Å². The highest BCUT2D eigenvalue weighted by Gasteiger charge is 2.33. The Balaban J connectivity index is 1.65. The van der Waals surface area contributed by atoms with E-state index in [2.05, 4.69) is 5.10 Å². The molecule has 132 valence electrons. The number of aryl methyl sites for hydroxylation is 1. The summed E-state index contributed by atoms with van der Waals surface area (Å²) in [7, 11) is 1.81. The van der Waals surface area contributed by atoms with Gasteiger partial charge in [0, 0.05) is 32.4 Å². The minimum atomic E-state index is -0.389. The summed E-state index contributed by atoms with van der Waals surface area (Å²) < 4.78 is 1.65. The van der Waals surface area contributed by atoms with Crippen molar-refractivity contribution in [1.29, 1.82) is 0 Å². The number of nitrogens with zero attached hydrogens (tertiary/aromatic N) is 4. The van der Waals surface area contributed by atoms with Crippen LogP contribution in [0, 0.1) is 5.92 Å². The fourth-order valence-electron chi connectivity index (χ4n) is 3.09. The summed E-state index contributed by atoms with van der Waals surface area (Å²) >= 11 is 0. The van der Waals surface area contributed by atoms with Gasteiger partial charge < -0.3 is 15.5 Å². The summed E-state index contributed by atoms with van der Waals surface area (Å²) in [6, 6.07) is 9.17. The molecule has 2 atom stereocenters. The minimum absolute atomic E-state index is 0.0690. The molecule has 2 amide bonds. The number of hydrogen-bond donors (Lipinski definition) is 1. The van der Waals surface area contributed by atoms with E-state index < -0.39 is 0 Å². The van der Waals surface area contributed by atoms with Crippen LogP contribution in [0.25, 0.3) is 0 Å². The molecule has 7 heteroatoms. The molecule has 25 heavy (non-hydrogen) atoms. The predicted molar refractivity (Wildman–Crippen MR) is 94.7 cm³/mol. The lowest BCUT2D eigenvalue weighted by Gasteiger charge is -2.35. The van der Waals surface area contributed by atoms with Crippen molar-refractivity contribution in [3.63, 3.8) is 0 Å². The van der Waals surface area contributed by atoms with E-state index in [4.69, 9.17) is 5.73 Å². The van der Waals surface area contributed by atoms with Crippen LogP contribution in [0.15, 0.2) is 42.7 Å². The normalized spacial score (nSPS) is 17.5. The summed E-state index contributed by atoms with van der Waals surface area (Å²) in [6.07, 6.45) is 3.45. The van der Waals surface area contributed by atoms with E-state index in [1.54, 1.807) is 33.9 Å².